The van der Waals surface area contributed by atoms with Crippen LogP contribution in [0.4, 0.5) is 22.0 Å². The van der Waals surface area contributed by atoms with E-state index in [0.717, 1.165) is 6.92 Å². The molecule has 0 saturated heterocycles. The van der Waals surface area contributed by atoms with Gasteiger partial charge in [0.25, 0.3) is 0 Å². The number of halogens is 5. The number of aliphatic carboxylic acids is 1. The number of carboxylic acids is 1. The van der Waals surface area contributed by atoms with E-state index in [-0.39, 0.29) is 6.42 Å². The third-order valence-corrected chi connectivity index (χ3v) is 2.30. The fourth-order valence-electron chi connectivity index (χ4n) is 0.932. The highest BCUT2D eigenvalue weighted by Gasteiger charge is 2.59. The third-order valence-electron chi connectivity index (χ3n) is 2.30. The molecule has 0 aromatic heterocycles. The maximum absolute atomic E-state index is 12.6. The molecule has 0 aliphatic carbocycles. The van der Waals surface area contributed by atoms with E-state index in [1.165, 1.54) is 6.92 Å². The molecular formula is C8H10F5O2-. The van der Waals surface area contributed by atoms with Gasteiger partial charge in [-0.3, -0.25) is 0 Å². The van der Waals surface area contributed by atoms with Crippen LogP contribution in [0.5, 0.6) is 0 Å². The van der Waals surface area contributed by atoms with Crippen LogP contribution in [0, 0.1) is 5.41 Å². The molecule has 0 aromatic rings. The van der Waals surface area contributed by atoms with Gasteiger partial charge in [-0.05, 0) is 6.42 Å². The van der Waals surface area contributed by atoms with Gasteiger partial charge < -0.3 is 9.90 Å². The molecule has 15 heavy (non-hydrogen) atoms. The molecule has 0 aliphatic heterocycles. The molecular weight excluding hydrogens is 223 g/mol. The van der Waals surface area contributed by atoms with Gasteiger partial charge in [0, 0.05) is 17.8 Å². The van der Waals surface area contributed by atoms with Gasteiger partial charge in [-0.2, -0.15) is 22.0 Å². The van der Waals surface area contributed by atoms with Crippen molar-refractivity contribution in [2.24, 2.45) is 5.41 Å². The zero-order valence-electron chi connectivity index (χ0n) is 8.12. The van der Waals surface area contributed by atoms with E-state index in [9.17, 15) is 31.9 Å². The molecule has 0 aliphatic rings. The second-order valence-electron chi connectivity index (χ2n) is 3.58. The summed E-state index contributed by atoms with van der Waals surface area (Å²) in [7, 11) is 0. The highest BCUT2D eigenvalue weighted by molar-refractivity contribution is 5.71. The minimum absolute atomic E-state index is 0.360. The van der Waals surface area contributed by atoms with Crippen molar-refractivity contribution in [1.29, 1.82) is 0 Å². The summed E-state index contributed by atoms with van der Waals surface area (Å²) in [6.45, 7) is 2.02. The molecule has 1 atom stereocenters. The van der Waals surface area contributed by atoms with Crippen LogP contribution >= 0.6 is 0 Å². The van der Waals surface area contributed by atoms with Gasteiger partial charge in [0.2, 0.25) is 0 Å². The molecule has 0 radical (unpaired) electrons. The van der Waals surface area contributed by atoms with Crippen molar-refractivity contribution >= 4 is 5.97 Å². The standard InChI is InChI=1S/C8H11F5O2/c1-3-6(2,5(14)15)4-7(9,10)8(11,12)13/h3-4H2,1-2H3,(H,14,15)/p-1. The molecule has 0 heterocycles. The molecule has 2 nitrogen and oxygen atoms in total. The predicted molar refractivity (Wildman–Crippen MR) is 39.0 cm³/mol. The van der Waals surface area contributed by atoms with Crippen molar-refractivity contribution < 1.29 is 31.9 Å². The normalized spacial score (nSPS) is 17.3. The number of hydrogen-bond donors (Lipinski definition) is 0. The highest BCUT2D eigenvalue weighted by atomic mass is 19.4. The zero-order chi connectivity index (χ0) is 12.5. The Kier molecular flexibility index (Phi) is 3.71. The van der Waals surface area contributed by atoms with Crippen molar-refractivity contribution in [3.05, 3.63) is 0 Å². The fraction of sp³-hybridized carbons (Fsp3) is 0.875. The number of carbonyl (C=O) groups is 1. The lowest BCUT2D eigenvalue weighted by Crippen LogP contribution is -2.48. The Hall–Kier alpha value is -0.880. The first kappa shape index (κ1) is 14.1. The lowest BCUT2D eigenvalue weighted by atomic mass is 9.81. The van der Waals surface area contributed by atoms with Gasteiger partial charge in [0.05, 0.1) is 0 Å². The number of carbonyl (C=O) groups excluding carboxylic acids is 1. The minimum atomic E-state index is -5.74. The van der Waals surface area contributed by atoms with Crippen LogP contribution in [0.2, 0.25) is 0 Å². The van der Waals surface area contributed by atoms with Crippen molar-refractivity contribution in [3.8, 4) is 0 Å². The fourth-order valence-corrected chi connectivity index (χ4v) is 0.932. The highest BCUT2D eigenvalue weighted by Crippen LogP contribution is 2.44. The number of rotatable bonds is 4. The smallest absolute Gasteiger partial charge is 0.453 e. The van der Waals surface area contributed by atoms with Crippen molar-refractivity contribution in [3.63, 3.8) is 0 Å². The average Bonchev–Trinajstić information content (AvgIpc) is 2.00. The third kappa shape index (κ3) is 3.04. The average molecular weight is 233 g/mol. The van der Waals surface area contributed by atoms with Crippen LogP contribution in [0.25, 0.3) is 0 Å². The molecule has 90 valence electrons. The summed E-state index contributed by atoms with van der Waals surface area (Å²) in [6.07, 6.45) is -7.90. The summed E-state index contributed by atoms with van der Waals surface area (Å²) in [6, 6.07) is 0. The number of carboxylic acid groups (broad SMARTS) is 1. The zero-order valence-corrected chi connectivity index (χ0v) is 8.12. The van der Waals surface area contributed by atoms with E-state index in [1.807, 2.05) is 0 Å². The second-order valence-corrected chi connectivity index (χ2v) is 3.58. The van der Waals surface area contributed by atoms with Gasteiger partial charge in [0.1, 0.15) is 0 Å². The van der Waals surface area contributed by atoms with Crippen molar-refractivity contribution in [1.82, 2.24) is 0 Å². The summed E-state index contributed by atoms with van der Waals surface area (Å²) in [4.78, 5) is 10.4. The first-order valence-corrected chi connectivity index (χ1v) is 4.12. The Morgan fingerprint density at radius 2 is 1.60 bits per heavy atom. The predicted octanol–water partition coefficient (Wildman–Crippen LogP) is 1.74. The van der Waals surface area contributed by atoms with E-state index in [1.54, 1.807) is 0 Å². The molecule has 0 rings (SSSR count). The van der Waals surface area contributed by atoms with Gasteiger partial charge in [-0.15, -0.1) is 0 Å². The summed E-state index contributed by atoms with van der Waals surface area (Å²) in [5.74, 6) is -6.92. The number of alkyl halides is 5. The Labute approximate surface area is 83.1 Å². The molecule has 0 fully saturated rings. The van der Waals surface area contributed by atoms with E-state index < -0.39 is 29.9 Å². The van der Waals surface area contributed by atoms with E-state index in [2.05, 4.69) is 0 Å². The van der Waals surface area contributed by atoms with E-state index in [4.69, 9.17) is 0 Å². The largest absolute Gasteiger partial charge is 0.550 e. The Morgan fingerprint density at radius 3 is 1.80 bits per heavy atom. The van der Waals surface area contributed by atoms with E-state index in [0.29, 0.717) is 0 Å². The van der Waals surface area contributed by atoms with Crippen LogP contribution in [0.1, 0.15) is 26.7 Å². The molecule has 0 bridgehead atoms. The van der Waals surface area contributed by atoms with Crippen LogP contribution in [-0.4, -0.2) is 18.1 Å². The Balaban J connectivity index is 4.92. The van der Waals surface area contributed by atoms with Gasteiger partial charge in [-0.25, -0.2) is 0 Å². The quantitative estimate of drug-likeness (QED) is 0.694. The van der Waals surface area contributed by atoms with Crippen molar-refractivity contribution in [2.45, 2.75) is 38.8 Å². The lowest BCUT2D eigenvalue weighted by molar-refractivity contribution is -0.330. The molecule has 0 aromatic carbocycles. The van der Waals surface area contributed by atoms with Crippen LogP contribution < -0.4 is 5.11 Å². The number of hydrogen-bond acceptors (Lipinski definition) is 2. The van der Waals surface area contributed by atoms with Gasteiger partial charge in [0.15, 0.2) is 0 Å². The van der Waals surface area contributed by atoms with E-state index >= 15 is 0 Å². The van der Waals surface area contributed by atoms with Gasteiger partial charge in [-0.1, -0.05) is 13.8 Å². The summed E-state index contributed by atoms with van der Waals surface area (Å²) >= 11 is 0. The lowest BCUT2D eigenvalue weighted by Gasteiger charge is -2.33. The molecule has 0 amide bonds. The Morgan fingerprint density at radius 1 is 1.20 bits per heavy atom. The van der Waals surface area contributed by atoms with Gasteiger partial charge >= 0.3 is 12.1 Å². The maximum atomic E-state index is 12.6. The molecule has 0 N–H and O–H groups in total. The van der Waals surface area contributed by atoms with Crippen LogP contribution in [0.3, 0.4) is 0 Å². The van der Waals surface area contributed by atoms with Crippen molar-refractivity contribution in [2.75, 3.05) is 0 Å². The second kappa shape index (κ2) is 3.94. The first-order chi connectivity index (χ1) is 6.46. The first-order valence-electron chi connectivity index (χ1n) is 4.12. The summed E-state index contributed by atoms with van der Waals surface area (Å²) in [5, 5.41) is 10.4. The topological polar surface area (TPSA) is 40.1 Å². The van der Waals surface area contributed by atoms with Crippen LogP contribution in [0.15, 0.2) is 0 Å². The Bertz CT molecular complexity index is 248. The summed E-state index contributed by atoms with van der Waals surface area (Å²) in [5.41, 5.74) is -2.18. The summed E-state index contributed by atoms with van der Waals surface area (Å²) < 4.78 is 60.5. The van der Waals surface area contributed by atoms with Crippen LogP contribution in [-0.2, 0) is 4.79 Å². The maximum Gasteiger partial charge on any atom is 0.453 e. The molecule has 7 heteroatoms. The minimum Gasteiger partial charge on any atom is -0.550 e. The molecule has 0 spiro atoms. The SMILES string of the molecule is CCC(C)(CC(F)(F)C(F)(F)F)C(=O)[O-]. The molecule has 1 unspecified atom stereocenters. The monoisotopic (exact) mass is 233 g/mol. The molecule has 0 saturated carbocycles.